The van der Waals surface area contributed by atoms with E-state index >= 15 is 0 Å². The topological polar surface area (TPSA) is 92.9 Å². The van der Waals surface area contributed by atoms with Gasteiger partial charge in [0, 0.05) is 31.3 Å². The van der Waals surface area contributed by atoms with E-state index in [9.17, 15) is 14.4 Å². The van der Waals surface area contributed by atoms with Crippen LogP contribution in [0, 0.1) is 0 Å². The Bertz CT molecular complexity index is 848. The van der Waals surface area contributed by atoms with Crippen LogP contribution in [0.15, 0.2) is 48.5 Å². The number of carbonyl (C=O) groups excluding carboxylic acids is 3. The normalized spacial score (nSPS) is 13.0. The molecule has 3 amide bonds. The number of nitrogens with zero attached hydrogens (tertiary/aromatic N) is 2. The van der Waals surface area contributed by atoms with Crippen molar-refractivity contribution in [3.8, 4) is 5.75 Å². The maximum absolute atomic E-state index is 12.5. The molecule has 2 N–H and O–H groups in total. The van der Waals surface area contributed by atoms with Crippen LogP contribution in [0.1, 0.15) is 16.8 Å². The minimum Gasteiger partial charge on any atom is -0.482 e. The molecule has 0 spiro atoms. The third-order valence-corrected chi connectivity index (χ3v) is 4.27. The van der Waals surface area contributed by atoms with Gasteiger partial charge in [-0.2, -0.15) is 0 Å². The van der Waals surface area contributed by atoms with Gasteiger partial charge in [0.25, 0.3) is 5.91 Å². The van der Waals surface area contributed by atoms with Crippen LogP contribution < -0.4 is 20.3 Å². The Morgan fingerprint density at radius 1 is 1.15 bits per heavy atom. The average Bonchev–Trinajstić information content (AvgIpc) is 2.66. The van der Waals surface area contributed by atoms with Gasteiger partial charge in [0.05, 0.1) is 5.69 Å². The molecule has 7 nitrogen and oxygen atoms in total. The monoisotopic (exact) mass is 353 g/mol. The smallest absolute Gasteiger partial charge is 0.265 e. The highest BCUT2D eigenvalue weighted by atomic mass is 16.5. The lowest BCUT2D eigenvalue weighted by Crippen LogP contribution is -2.41. The van der Waals surface area contributed by atoms with Crippen molar-refractivity contribution in [3.05, 3.63) is 54.1 Å². The molecular weight excluding hydrogens is 334 g/mol. The van der Waals surface area contributed by atoms with E-state index in [1.165, 1.54) is 4.90 Å². The molecule has 3 rings (SSSR count). The Morgan fingerprint density at radius 3 is 2.54 bits per heavy atom. The van der Waals surface area contributed by atoms with Crippen molar-refractivity contribution in [1.82, 2.24) is 0 Å². The summed E-state index contributed by atoms with van der Waals surface area (Å²) in [5.41, 5.74) is 6.91. The Balaban J connectivity index is 1.67. The first-order valence-corrected chi connectivity index (χ1v) is 8.16. The highest BCUT2D eigenvalue weighted by Crippen LogP contribution is 2.31. The lowest BCUT2D eigenvalue weighted by Gasteiger charge is -2.29. The molecule has 0 radical (unpaired) electrons. The predicted molar refractivity (Wildman–Crippen MR) is 97.3 cm³/mol. The van der Waals surface area contributed by atoms with E-state index in [1.807, 2.05) is 12.1 Å². The lowest BCUT2D eigenvalue weighted by molar-refractivity contribution is -0.121. The van der Waals surface area contributed by atoms with E-state index in [-0.39, 0.29) is 31.4 Å². The largest absolute Gasteiger partial charge is 0.482 e. The second-order valence-electron chi connectivity index (χ2n) is 5.92. The molecular formula is C19H19N3O4. The molecule has 1 heterocycles. The summed E-state index contributed by atoms with van der Waals surface area (Å²) in [7, 11) is 1.65. The van der Waals surface area contributed by atoms with Crippen LogP contribution in [-0.2, 0) is 9.59 Å². The molecule has 1 aliphatic heterocycles. The van der Waals surface area contributed by atoms with E-state index in [4.69, 9.17) is 10.5 Å². The van der Waals surface area contributed by atoms with Crippen LogP contribution in [0.4, 0.5) is 11.4 Å². The summed E-state index contributed by atoms with van der Waals surface area (Å²) in [5.74, 6) is -0.205. The highest BCUT2D eigenvalue weighted by molar-refractivity contribution is 5.99. The molecule has 0 fully saturated rings. The molecule has 2 aromatic rings. The lowest BCUT2D eigenvalue weighted by atomic mass is 10.2. The minimum atomic E-state index is -0.518. The number of carbonyl (C=O) groups is 3. The maximum Gasteiger partial charge on any atom is 0.265 e. The van der Waals surface area contributed by atoms with Crippen molar-refractivity contribution in [2.24, 2.45) is 5.73 Å². The predicted octanol–water partition coefficient (Wildman–Crippen LogP) is 1.56. The molecule has 0 bridgehead atoms. The number of anilines is 2. The number of rotatable bonds is 5. The van der Waals surface area contributed by atoms with Gasteiger partial charge in [0.1, 0.15) is 5.75 Å². The van der Waals surface area contributed by atoms with Crippen molar-refractivity contribution >= 4 is 29.1 Å². The quantitative estimate of drug-likeness (QED) is 0.883. The first-order chi connectivity index (χ1) is 12.5. The third-order valence-electron chi connectivity index (χ3n) is 4.27. The van der Waals surface area contributed by atoms with Gasteiger partial charge < -0.3 is 20.3 Å². The molecule has 0 aliphatic carbocycles. The van der Waals surface area contributed by atoms with Crippen LogP contribution in [0.3, 0.4) is 0 Å². The number of hydrogen-bond acceptors (Lipinski definition) is 4. The molecule has 0 aromatic heterocycles. The van der Waals surface area contributed by atoms with Gasteiger partial charge in [-0.05, 0) is 36.4 Å². The maximum atomic E-state index is 12.5. The van der Waals surface area contributed by atoms with E-state index in [2.05, 4.69) is 0 Å². The average molecular weight is 353 g/mol. The molecule has 134 valence electrons. The summed E-state index contributed by atoms with van der Waals surface area (Å²) in [4.78, 5) is 38.8. The van der Waals surface area contributed by atoms with Crippen LogP contribution in [0.2, 0.25) is 0 Å². The Morgan fingerprint density at radius 2 is 1.85 bits per heavy atom. The SMILES string of the molecule is CN(C(=O)CCN1C(=O)COc2ccccc21)c1ccc(C(N)=O)cc1. The summed E-state index contributed by atoms with van der Waals surface area (Å²) in [6.07, 6.45) is 0.161. The van der Waals surface area contributed by atoms with Gasteiger partial charge in [-0.1, -0.05) is 12.1 Å². The van der Waals surface area contributed by atoms with Gasteiger partial charge in [-0.25, -0.2) is 0 Å². The summed E-state index contributed by atoms with van der Waals surface area (Å²) >= 11 is 0. The first kappa shape index (κ1) is 17.5. The van der Waals surface area contributed by atoms with Crippen LogP contribution in [0.25, 0.3) is 0 Å². The van der Waals surface area contributed by atoms with Gasteiger partial charge in [-0.15, -0.1) is 0 Å². The fraction of sp³-hybridized carbons (Fsp3) is 0.211. The second-order valence-corrected chi connectivity index (χ2v) is 5.92. The van der Waals surface area contributed by atoms with Crippen molar-refractivity contribution in [2.45, 2.75) is 6.42 Å². The Kier molecular flexibility index (Phi) is 4.88. The molecule has 0 unspecified atom stereocenters. The van der Waals surface area contributed by atoms with E-state index in [0.29, 0.717) is 22.7 Å². The molecule has 7 heteroatoms. The Hall–Kier alpha value is -3.35. The van der Waals surface area contributed by atoms with Crippen LogP contribution >= 0.6 is 0 Å². The summed E-state index contributed by atoms with van der Waals surface area (Å²) in [6, 6.07) is 13.7. The molecule has 26 heavy (non-hydrogen) atoms. The number of para-hydroxylation sites is 2. The first-order valence-electron chi connectivity index (χ1n) is 8.16. The number of benzene rings is 2. The van der Waals surface area contributed by atoms with Gasteiger partial charge in [0.15, 0.2) is 6.61 Å². The molecule has 1 aliphatic rings. The standard InChI is InChI=1S/C19H19N3O4/c1-21(14-8-6-13(7-9-14)19(20)25)17(23)10-11-22-15-4-2-3-5-16(15)26-12-18(22)24/h2-9H,10-12H2,1H3,(H2,20,25). The van der Waals surface area contributed by atoms with Crippen molar-refractivity contribution < 1.29 is 19.1 Å². The summed E-state index contributed by atoms with van der Waals surface area (Å²) in [6.45, 7) is 0.234. The van der Waals surface area contributed by atoms with E-state index in [1.54, 1.807) is 48.3 Å². The Labute approximate surface area is 150 Å². The van der Waals surface area contributed by atoms with Crippen molar-refractivity contribution in [1.29, 1.82) is 0 Å². The van der Waals surface area contributed by atoms with Crippen LogP contribution in [-0.4, -0.2) is 37.9 Å². The minimum absolute atomic E-state index is 0.0321. The zero-order valence-corrected chi connectivity index (χ0v) is 14.3. The fourth-order valence-corrected chi connectivity index (χ4v) is 2.77. The summed E-state index contributed by atoms with van der Waals surface area (Å²) < 4.78 is 5.40. The van der Waals surface area contributed by atoms with Gasteiger partial charge in [0.2, 0.25) is 11.8 Å². The van der Waals surface area contributed by atoms with Crippen molar-refractivity contribution in [2.75, 3.05) is 30.0 Å². The zero-order chi connectivity index (χ0) is 18.7. The van der Waals surface area contributed by atoms with Gasteiger partial charge >= 0.3 is 0 Å². The summed E-state index contributed by atoms with van der Waals surface area (Å²) in [5, 5.41) is 0. The molecule has 0 saturated heterocycles. The number of amides is 3. The number of nitrogens with two attached hydrogens (primary N) is 1. The van der Waals surface area contributed by atoms with Crippen LogP contribution in [0.5, 0.6) is 5.75 Å². The second kappa shape index (κ2) is 7.26. The molecule has 2 aromatic carbocycles. The zero-order valence-electron chi connectivity index (χ0n) is 14.3. The van der Waals surface area contributed by atoms with E-state index < -0.39 is 5.91 Å². The number of fused-ring (bicyclic) bond motifs is 1. The number of ether oxygens (including phenoxy) is 1. The fourth-order valence-electron chi connectivity index (χ4n) is 2.77. The number of hydrogen-bond donors (Lipinski definition) is 1. The number of primary amides is 1. The molecule has 0 atom stereocenters. The third kappa shape index (κ3) is 3.51. The van der Waals surface area contributed by atoms with E-state index in [0.717, 1.165) is 0 Å². The highest BCUT2D eigenvalue weighted by Gasteiger charge is 2.26. The van der Waals surface area contributed by atoms with Gasteiger partial charge in [-0.3, -0.25) is 14.4 Å². The molecule has 0 saturated carbocycles. The van der Waals surface area contributed by atoms with Crippen molar-refractivity contribution in [3.63, 3.8) is 0 Å².